The molecule has 5 aromatic rings. The van der Waals surface area contributed by atoms with Gasteiger partial charge >= 0.3 is 18.3 Å². The van der Waals surface area contributed by atoms with Gasteiger partial charge in [-0.05, 0) is 116 Å². The van der Waals surface area contributed by atoms with Crippen LogP contribution < -0.4 is 19.3 Å². The molecule has 2 bridgehead atoms. The van der Waals surface area contributed by atoms with Gasteiger partial charge in [-0.1, -0.05) is 24.3 Å². The summed E-state index contributed by atoms with van der Waals surface area (Å²) in [5.74, 6) is 0.0427. The van der Waals surface area contributed by atoms with Crippen molar-refractivity contribution >= 4 is 51.2 Å². The van der Waals surface area contributed by atoms with Gasteiger partial charge in [-0.2, -0.15) is 27.5 Å². The number of nitrogens with zero attached hydrogens (tertiary/aromatic N) is 6. The molecule has 58 heavy (non-hydrogen) atoms. The number of aromatic nitrogens is 3. The zero-order valence-corrected chi connectivity index (χ0v) is 34.9. The number of rotatable bonds is 9. The Bertz CT molecular complexity index is 2280. The molecule has 2 aromatic heterocycles. The van der Waals surface area contributed by atoms with Gasteiger partial charge in [-0.25, -0.2) is 14.2 Å². The minimum Gasteiger partial charge on any atom is -0.497 e. The van der Waals surface area contributed by atoms with E-state index < -0.39 is 46.4 Å². The lowest BCUT2D eigenvalue weighted by Crippen LogP contribution is -2.57. The molecule has 16 heteroatoms. The third-order valence-electron chi connectivity index (χ3n) is 10.3. The average molecular weight is 917 g/mol. The highest BCUT2D eigenvalue weighted by Crippen LogP contribution is 2.45. The van der Waals surface area contributed by atoms with Gasteiger partial charge in [0.15, 0.2) is 5.82 Å². The lowest BCUT2D eigenvalue weighted by Gasteiger charge is -2.42. The van der Waals surface area contributed by atoms with E-state index in [1.807, 2.05) is 51.8 Å². The normalized spacial score (nSPS) is 16.8. The number of ether oxygens (including phenoxy) is 3. The van der Waals surface area contributed by atoms with Crippen LogP contribution in [0.1, 0.15) is 55.9 Å². The van der Waals surface area contributed by atoms with Crippen LogP contribution in [0.4, 0.5) is 38.4 Å². The van der Waals surface area contributed by atoms with E-state index in [0.29, 0.717) is 48.8 Å². The number of amides is 1. The van der Waals surface area contributed by atoms with E-state index in [-0.39, 0.29) is 45.6 Å². The molecule has 0 spiro atoms. The van der Waals surface area contributed by atoms with Gasteiger partial charge in [0, 0.05) is 35.1 Å². The van der Waals surface area contributed by atoms with Crippen LogP contribution in [-0.4, -0.2) is 70.9 Å². The Morgan fingerprint density at radius 3 is 1.91 bits per heavy atom. The number of carbonyl (C=O) groups is 1. The second-order valence-corrected chi connectivity index (χ2v) is 16.6. The fourth-order valence-electron chi connectivity index (χ4n) is 7.66. The van der Waals surface area contributed by atoms with E-state index in [1.54, 1.807) is 82.0 Å². The minimum absolute atomic E-state index is 0.130. The van der Waals surface area contributed by atoms with E-state index in [4.69, 9.17) is 19.2 Å². The van der Waals surface area contributed by atoms with Gasteiger partial charge in [0.2, 0.25) is 0 Å². The SMILES string of the molecule is COc1ccc(CN(Cc2ccc(OC)cc2)c2cc(C)c(I)c(-c3c(C(F)(F)F)cc4c(N5C[C@H]6CC[C@@H](C5)N6C(=O)OC(C)(C)C)nc(F)nc4c3F)n2)cc1. The van der Waals surface area contributed by atoms with E-state index in [9.17, 15) is 4.79 Å². The predicted molar refractivity (Wildman–Crippen MR) is 218 cm³/mol. The molecule has 0 radical (unpaired) electrons. The molecule has 10 nitrogen and oxygen atoms in total. The van der Waals surface area contributed by atoms with Crippen LogP contribution in [0.25, 0.3) is 22.2 Å². The molecule has 4 heterocycles. The van der Waals surface area contributed by atoms with Gasteiger partial charge in [-0.3, -0.25) is 4.90 Å². The van der Waals surface area contributed by atoms with Gasteiger partial charge in [0.05, 0.1) is 43.1 Å². The number of halogens is 6. The first-order valence-electron chi connectivity index (χ1n) is 18.7. The van der Waals surface area contributed by atoms with E-state index >= 15 is 22.0 Å². The number of hydrogen-bond acceptors (Lipinski definition) is 9. The zero-order chi connectivity index (χ0) is 41.7. The van der Waals surface area contributed by atoms with Crippen molar-refractivity contribution in [3.8, 4) is 22.8 Å². The molecule has 1 amide bonds. The summed E-state index contributed by atoms with van der Waals surface area (Å²) in [6.45, 7) is 7.84. The summed E-state index contributed by atoms with van der Waals surface area (Å²) in [6, 6.07) is 16.5. The smallest absolute Gasteiger partial charge is 0.417 e. The number of benzene rings is 3. The average Bonchev–Trinajstić information content (AvgIpc) is 3.44. The number of piperazine rings is 1. The Balaban J connectivity index is 1.33. The van der Waals surface area contributed by atoms with Crippen LogP contribution in [0.3, 0.4) is 0 Å². The van der Waals surface area contributed by atoms with Crippen LogP contribution in [-0.2, 0) is 24.0 Å². The Kier molecular flexibility index (Phi) is 11.3. The molecule has 0 unspecified atom stereocenters. The minimum atomic E-state index is -5.06. The molecule has 2 saturated heterocycles. The second kappa shape index (κ2) is 16.0. The molecule has 306 valence electrons. The number of anilines is 2. The highest BCUT2D eigenvalue weighted by atomic mass is 127. The summed E-state index contributed by atoms with van der Waals surface area (Å²) in [6.07, 6.45) is -5.66. The molecule has 0 N–H and O–H groups in total. The molecular formula is C42H42F5IN6O4. The standard InChI is InChI=1S/C42H42F5IN6O4/c1-23-17-32(52(19-24-7-13-28(56-5)14-8-24)20-25-9-15-29(57-6)16-10-25)49-37(35(23)48)33-31(42(45,46)47)18-30-36(34(33)43)50-39(44)51-38(30)53-21-26-11-12-27(22-53)54(26)40(55)58-41(2,3)4/h7-10,13-18,26-27H,11-12,19-22H2,1-6H3/t26-,27+. The molecule has 2 fully saturated rings. The van der Waals surface area contributed by atoms with Crippen LogP contribution in [0.5, 0.6) is 11.5 Å². The maximum Gasteiger partial charge on any atom is 0.417 e. The summed E-state index contributed by atoms with van der Waals surface area (Å²) >= 11 is 1.87. The molecule has 2 aliphatic heterocycles. The lowest BCUT2D eigenvalue weighted by molar-refractivity contribution is -0.137. The van der Waals surface area contributed by atoms with Gasteiger partial charge in [0.1, 0.15) is 34.3 Å². The van der Waals surface area contributed by atoms with Crippen molar-refractivity contribution in [1.82, 2.24) is 19.9 Å². The fourth-order valence-corrected chi connectivity index (χ4v) is 8.20. The monoisotopic (exact) mass is 916 g/mol. The zero-order valence-electron chi connectivity index (χ0n) is 32.8. The first kappa shape index (κ1) is 41.2. The van der Waals surface area contributed by atoms with Crippen LogP contribution in [0.2, 0.25) is 0 Å². The number of carbonyl (C=O) groups excluding carboxylic acids is 1. The summed E-state index contributed by atoms with van der Waals surface area (Å²) in [5.41, 5.74) is -1.48. The number of alkyl halides is 3. The number of aryl methyl sites for hydroxylation is 1. The van der Waals surface area contributed by atoms with Crippen LogP contribution in [0, 0.1) is 22.4 Å². The lowest BCUT2D eigenvalue weighted by atomic mass is 9.98. The maximum absolute atomic E-state index is 17.1. The van der Waals surface area contributed by atoms with E-state index in [2.05, 4.69) is 9.97 Å². The molecule has 3 aromatic carbocycles. The molecule has 0 aliphatic carbocycles. The quantitative estimate of drug-likeness (QED) is 0.0815. The third kappa shape index (κ3) is 8.43. The van der Waals surface area contributed by atoms with Crippen molar-refractivity contribution in [2.75, 3.05) is 37.1 Å². The first-order chi connectivity index (χ1) is 27.4. The summed E-state index contributed by atoms with van der Waals surface area (Å²) in [4.78, 5) is 30.7. The summed E-state index contributed by atoms with van der Waals surface area (Å²) < 4.78 is 94.9. The molecular weight excluding hydrogens is 874 g/mol. The highest BCUT2D eigenvalue weighted by Gasteiger charge is 2.46. The Hall–Kier alpha value is -5.00. The largest absolute Gasteiger partial charge is 0.497 e. The van der Waals surface area contributed by atoms with Crippen molar-refractivity contribution in [3.05, 3.63) is 98.4 Å². The number of pyridine rings is 1. The first-order valence-corrected chi connectivity index (χ1v) is 19.7. The second-order valence-electron chi connectivity index (χ2n) is 15.5. The van der Waals surface area contributed by atoms with E-state index in [1.165, 1.54) is 0 Å². The number of fused-ring (bicyclic) bond motifs is 3. The maximum atomic E-state index is 17.1. The molecule has 2 atom stereocenters. The summed E-state index contributed by atoms with van der Waals surface area (Å²) in [5, 5.41) is -0.302. The Morgan fingerprint density at radius 2 is 1.41 bits per heavy atom. The van der Waals surface area contributed by atoms with Gasteiger partial charge in [0.25, 0.3) is 0 Å². The Labute approximate surface area is 346 Å². The van der Waals surface area contributed by atoms with Crippen molar-refractivity contribution < 1.29 is 41.0 Å². The Morgan fingerprint density at radius 1 is 0.862 bits per heavy atom. The van der Waals surface area contributed by atoms with E-state index in [0.717, 1.165) is 17.2 Å². The molecule has 0 saturated carbocycles. The van der Waals surface area contributed by atoms with Gasteiger partial charge < -0.3 is 24.0 Å². The number of hydrogen-bond donors (Lipinski definition) is 0. The van der Waals surface area contributed by atoms with Crippen molar-refractivity contribution in [2.45, 2.75) is 77.5 Å². The summed E-state index contributed by atoms with van der Waals surface area (Å²) in [7, 11) is 3.12. The molecule has 2 aliphatic rings. The molecule has 7 rings (SSSR count). The van der Waals surface area contributed by atoms with Crippen LogP contribution >= 0.6 is 22.6 Å². The topological polar surface area (TPSA) is 93.2 Å². The highest BCUT2D eigenvalue weighted by molar-refractivity contribution is 14.1. The predicted octanol–water partition coefficient (Wildman–Crippen LogP) is 9.71. The third-order valence-corrected chi connectivity index (χ3v) is 11.7. The van der Waals surface area contributed by atoms with Crippen molar-refractivity contribution in [3.63, 3.8) is 0 Å². The van der Waals surface area contributed by atoms with Gasteiger partial charge in [-0.15, -0.1) is 0 Å². The fraction of sp³-hybridized carbons (Fsp3) is 0.381. The van der Waals surface area contributed by atoms with Crippen molar-refractivity contribution in [1.29, 1.82) is 0 Å². The van der Waals surface area contributed by atoms with Crippen molar-refractivity contribution in [2.24, 2.45) is 0 Å². The number of methoxy groups -OCH3 is 2. The van der Waals surface area contributed by atoms with Crippen LogP contribution in [0.15, 0.2) is 60.7 Å².